The van der Waals surface area contributed by atoms with Gasteiger partial charge in [-0.1, -0.05) is 30.1 Å². The molecular formula is C12H13Cl3N2O. The molecule has 0 radical (unpaired) electrons. The smallest absolute Gasteiger partial charge is 0.160 e. The first-order valence-electron chi connectivity index (χ1n) is 5.30. The summed E-state index contributed by atoms with van der Waals surface area (Å²) < 4.78 is 0. The van der Waals surface area contributed by atoms with Gasteiger partial charge < -0.3 is 10.4 Å². The predicted molar refractivity (Wildman–Crippen MR) is 78.1 cm³/mol. The number of phenols is 1. The van der Waals surface area contributed by atoms with Gasteiger partial charge in [-0.2, -0.15) is 0 Å². The zero-order chi connectivity index (χ0) is 12.4. The number of aromatic nitrogens is 1. The quantitative estimate of drug-likeness (QED) is 0.907. The molecule has 0 aliphatic heterocycles. The summed E-state index contributed by atoms with van der Waals surface area (Å²) in [5, 5.41) is 14.4. The minimum absolute atomic E-state index is 0. The van der Waals surface area contributed by atoms with Gasteiger partial charge in [-0.15, -0.1) is 12.4 Å². The minimum atomic E-state index is -0.0237. The van der Waals surface area contributed by atoms with E-state index in [1.54, 1.807) is 0 Å². The third kappa shape index (κ3) is 2.98. The van der Waals surface area contributed by atoms with Crippen LogP contribution < -0.4 is 5.32 Å². The normalized spacial score (nSPS) is 10.4. The summed E-state index contributed by atoms with van der Waals surface area (Å²) in [5.74, 6) is -0.0237. The van der Waals surface area contributed by atoms with Gasteiger partial charge in [-0.3, -0.25) is 0 Å². The lowest BCUT2D eigenvalue weighted by molar-refractivity contribution is 0.480. The van der Waals surface area contributed by atoms with E-state index in [4.69, 9.17) is 23.2 Å². The van der Waals surface area contributed by atoms with Crippen molar-refractivity contribution in [3.63, 3.8) is 0 Å². The highest BCUT2D eigenvalue weighted by Crippen LogP contribution is 2.36. The van der Waals surface area contributed by atoms with Crippen molar-refractivity contribution in [1.82, 2.24) is 10.3 Å². The van der Waals surface area contributed by atoms with Crippen molar-refractivity contribution < 1.29 is 5.11 Å². The third-order valence-electron chi connectivity index (χ3n) is 2.47. The van der Waals surface area contributed by atoms with Gasteiger partial charge >= 0.3 is 0 Å². The standard InChI is InChI=1S/C12H12Cl2N2O.ClH/c1-2-15-6-7-3-4-8-9(13)5-10(14)12(17)11(8)16-7;/h3-5,15,17H,2,6H2,1H3;1H. The van der Waals surface area contributed by atoms with Crippen LogP contribution in [0.1, 0.15) is 12.6 Å². The van der Waals surface area contributed by atoms with Gasteiger partial charge in [0.25, 0.3) is 0 Å². The lowest BCUT2D eigenvalue weighted by atomic mass is 10.2. The Morgan fingerprint density at radius 1 is 1.28 bits per heavy atom. The Morgan fingerprint density at radius 3 is 2.67 bits per heavy atom. The van der Waals surface area contributed by atoms with Crippen molar-refractivity contribution in [3.05, 3.63) is 33.9 Å². The molecule has 0 amide bonds. The Balaban J connectivity index is 0.00000162. The number of benzene rings is 1. The van der Waals surface area contributed by atoms with Crippen molar-refractivity contribution in [2.24, 2.45) is 0 Å². The Hall–Kier alpha value is -0.740. The van der Waals surface area contributed by atoms with Crippen LogP contribution in [0.4, 0.5) is 0 Å². The highest BCUT2D eigenvalue weighted by atomic mass is 35.5. The average Bonchev–Trinajstić information content (AvgIpc) is 2.33. The van der Waals surface area contributed by atoms with Gasteiger partial charge in [-0.25, -0.2) is 4.98 Å². The summed E-state index contributed by atoms with van der Waals surface area (Å²) in [7, 11) is 0. The number of fused-ring (bicyclic) bond motifs is 1. The summed E-state index contributed by atoms with van der Waals surface area (Å²) in [4.78, 5) is 4.35. The number of nitrogens with zero attached hydrogens (tertiary/aromatic N) is 1. The van der Waals surface area contributed by atoms with Crippen molar-refractivity contribution in [2.45, 2.75) is 13.5 Å². The second-order valence-electron chi connectivity index (χ2n) is 3.67. The zero-order valence-electron chi connectivity index (χ0n) is 9.70. The summed E-state index contributed by atoms with van der Waals surface area (Å²) in [5.41, 5.74) is 1.28. The molecule has 1 aromatic carbocycles. The fraction of sp³-hybridized carbons (Fsp3) is 0.250. The van der Waals surface area contributed by atoms with Crippen LogP contribution in [0.5, 0.6) is 5.75 Å². The zero-order valence-corrected chi connectivity index (χ0v) is 12.0. The van der Waals surface area contributed by atoms with Gasteiger partial charge in [0.05, 0.1) is 15.7 Å². The Morgan fingerprint density at radius 2 is 2.00 bits per heavy atom. The molecule has 1 aromatic heterocycles. The largest absolute Gasteiger partial charge is 0.504 e. The summed E-state index contributed by atoms with van der Waals surface area (Å²) in [6.07, 6.45) is 0. The maximum absolute atomic E-state index is 9.86. The number of hydrogen-bond acceptors (Lipinski definition) is 3. The Bertz CT molecular complexity index is 561. The monoisotopic (exact) mass is 306 g/mol. The first-order chi connectivity index (χ1) is 8.13. The number of halogens is 3. The molecule has 2 N–H and O–H groups in total. The highest BCUT2D eigenvalue weighted by molar-refractivity contribution is 6.39. The van der Waals surface area contributed by atoms with Crippen molar-refractivity contribution in [1.29, 1.82) is 0 Å². The lowest BCUT2D eigenvalue weighted by Gasteiger charge is -2.07. The molecule has 2 aromatic rings. The minimum Gasteiger partial charge on any atom is -0.504 e. The molecule has 1 heterocycles. The highest BCUT2D eigenvalue weighted by Gasteiger charge is 2.10. The van der Waals surface area contributed by atoms with Crippen LogP contribution in [0, 0.1) is 0 Å². The Labute approximate surface area is 122 Å². The van der Waals surface area contributed by atoms with E-state index in [0.29, 0.717) is 22.5 Å². The average molecular weight is 308 g/mol. The number of nitrogens with one attached hydrogen (secondary N) is 1. The molecule has 6 heteroatoms. The van der Waals surface area contributed by atoms with E-state index in [9.17, 15) is 5.11 Å². The SMILES string of the molecule is CCNCc1ccc2c(Cl)cc(Cl)c(O)c2n1.Cl. The molecule has 0 aliphatic carbocycles. The number of phenolic OH excluding ortho intramolecular Hbond substituents is 1. The summed E-state index contributed by atoms with van der Waals surface area (Å²) in [6, 6.07) is 5.24. The summed E-state index contributed by atoms with van der Waals surface area (Å²) in [6.45, 7) is 3.53. The van der Waals surface area contributed by atoms with Crippen molar-refractivity contribution >= 4 is 46.5 Å². The lowest BCUT2D eigenvalue weighted by Crippen LogP contribution is -2.12. The van der Waals surface area contributed by atoms with Gasteiger partial charge in [0.1, 0.15) is 5.52 Å². The molecule has 0 bridgehead atoms. The maximum Gasteiger partial charge on any atom is 0.160 e. The fourth-order valence-electron chi connectivity index (χ4n) is 1.59. The summed E-state index contributed by atoms with van der Waals surface area (Å²) >= 11 is 11.9. The van der Waals surface area contributed by atoms with E-state index in [-0.39, 0.29) is 23.2 Å². The molecule has 0 fully saturated rings. The molecule has 3 nitrogen and oxygen atoms in total. The molecule has 0 unspecified atom stereocenters. The second kappa shape index (κ2) is 6.43. The van der Waals surface area contributed by atoms with Crippen LogP contribution in [0.25, 0.3) is 10.9 Å². The molecule has 18 heavy (non-hydrogen) atoms. The van der Waals surface area contributed by atoms with Gasteiger partial charge in [0, 0.05) is 11.9 Å². The first kappa shape index (κ1) is 15.3. The van der Waals surface area contributed by atoms with Crippen LogP contribution in [-0.4, -0.2) is 16.6 Å². The van der Waals surface area contributed by atoms with Gasteiger partial charge in [0.2, 0.25) is 0 Å². The number of hydrogen-bond donors (Lipinski definition) is 2. The van der Waals surface area contributed by atoms with E-state index in [1.165, 1.54) is 6.07 Å². The molecule has 98 valence electrons. The third-order valence-corrected chi connectivity index (χ3v) is 3.07. The van der Waals surface area contributed by atoms with Crippen molar-refractivity contribution in [2.75, 3.05) is 6.54 Å². The van der Waals surface area contributed by atoms with Gasteiger partial charge in [0.15, 0.2) is 5.75 Å². The van der Waals surface area contributed by atoms with E-state index >= 15 is 0 Å². The van der Waals surface area contributed by atoms with Crippen LogP contribution in [0.3, 0.4) is 0 Å². The van der Waals surface area contributed by atoms with Crippen LogP contribution in [0.2, 0.25) is 10.0 Å². The molecule has 0 atom stereocenters. The van der Waals surface area contributed by atoms with E-state index in [2.05, 4.69) is 10.3 Å². The van der Waals surface area contributed by atoms with Crippen LogP contribution in [0.15, 0.2) is 18.2 Å². The van der Waals surface area contributed by atoms with Crippen LogP contribution in [-0.2, 0) is 6.54 Å². The van der Waals surface area contributed by atoms with E-state index < -0.39 is 0 Å². The first-order valence-corrected chi connectivity index (χ1v) is 6.06. The second-order valence-corrected chi connectivity index (χ2v) is 4.48. The molecular weight excluding hydrogens is 295 g/mol. The topological polar surface area (TPSA) is 45.1 Å². The van der Waals surface area contributed by atoms with E-state index in [0.717, 1.165) is 12.2 Å². The molecule has 2 rings (SSSR count). The molecule has 0 aliphatic rings. The number of pyridine rings is 1. The molecule has 0 saturated heterocycles. The number of aromatic hydroxyl groups is 1. The fourth-order valence-corrected chi connectivity index (χ4v) is 2.11. The van der Waals surface area contributed by atoms with E-state index in [1.807, 2.05) is 19.1 Å². The molecule has 0 spiro atoms. The molecule has 0 saturated carbocycles. The van der Waals surface area contributed by atoms with Gasteiger partial charge in [-0.05, 0) is 24.7 Å². The van der Waals surface area contributed by atoms with Crippen molar-refractivity contribution in [3.8, 4) is 5.75 Å². The maximum atomic E-state index is 9.86. The number of rotatable bonds is 3. The predicted octanol–water partition coefficient (Wildman–Crippen LogP) is 3.78. The van der Waals surface area contributed by atoms with Crippen LogP contribution >= 0.6 is 35.6 Å². The Kier molecular flexibility index (Phi) is 5.47.